The highest BCUT2D eigenvalue weighted by Gasteiger charge is 2.53. The van der Waals surface area contributed by atoms with Crippen LogP contribution in [0.25, 0.3) is 0 Å². The summed E-state index contributed by atoms with van der Waals surface area (Å²) in [6.45, 7) is 3.17. The quantitative estimate of drug-likeness (QED) is 0.382. The van der Waals surface area contributed by atoms with Crippen molar-refractivity contribution >= 4 is 35.3 Å². The van der Waals surface area contributed by atoms with Crippen LogP contribution in [0.3, 0.4) is 0 Å². The summed E-state index contributed by atoms with van der Waals surface area (Å²) in [6.07, 6.45) is 2.18. The number of aromatic nitrogens is 1. The van der Waals surface area contributed by atoms with Gasteiger partial charge < -0.3 is 4.81 Å². The van der Waals surface area contributed by atoms with Crippen LogP contribution < -0.4 is 19.7 Å². The van der Waals surface area contributed by atoms with Crippen molar-refractivity contribution in [3.63, 3.8) is 0 Å². The average molecular weight is 374 g/mol. The van der Waals surface area contributed by atoms with Crippen LogP contribution >= 0.6 is 0 Å². The number of hydrogen-bond donors (Lipinski definition) is 0. The first-order valence-electron chi connectivity index (χ1n) is 10.1. The van der Waals surface area contributed by atoms with Crippen molar-refractivity contribution in [3.05, 3.63) is 108 Å². The van der Waals surface area contributed by atoms with Gasteiger partial charge in [0.2, 0.25) is 0 Å². The van der Waals surface area contributed by atoms with E-state index in [0.717, 1.165) is 6.54 Å². The van der Waals surface area contributed by atoms with E-state index in [9.17, 15) is 0 Å². The van der Waals surface area contributed by atoms with Gasteiger partial charge in [-0.05, 0) is 36.1 Å². The first-order chi connectivity index (χ1) is 14.3. The Bertz CT molecular complexity index is 1220. The Morgan fingerprint density at radius 3 is 2.34 bits per heavy atom. The molecule has 4 heteroatoms. The highest BCUT2D eigenvalue weighted by Crippen LogP contribution is 2.49. The van der Waals surface area contributed by atoms with Gasteiger partial charge in [0.15, 0.2) is 0 Å². The molecule has 2 aliphatic rings. The lowest BCUT2D eigenvalue weighted by Crippen LogP contribution is -2.57. The number of para-hydroxylation sites is 2. The topological polar surface area (TPSA) is 10.4 Å². The van der Waals surface area contributed by atoms with E-state index >= 15 is 0 Å². The number of anilines is 4. The molecule has 0 bridgehead atoms. The van der Waals surface area contributed by atoms with Crippen LogP contribution in [-0.2, 0) is 6.54 Å². The van der Waals surface area contributed by atoms with Gasteiger partial charge in [-0.1, -0.05) is 66.7 Å². The minimum atomic E-state index is 0.0717. The van der Waals surface area contributed by atoms with Gasteiger partial charge in [-0.2, -0.15) is 0 Å². The molecular formula is C25H21BN3+. The number of fused-ring (bicyclic) bond motifs is 2. The Hall–Kier alpha value is -3.53. The molecule has 1 aromatic heterocycles. The fraction of sp³-hybridized carbons (Fsp3) is 0.0800. The summed E-state index contributed by atoms with van der Waals surface area (Å²) in [6, 6.07) is 32.7. The van der Waals surface area contributed by atoms with E-state index in [4.69, 9.17) is 0 Å². The molecule has 3 nitrogen and oxygen atoms in total. The maximum Gasteiger partial charge on any atom is 0.542 e. The minimum Gasteiger partial charge on any atom is -0.336 e. The molecule has 0 amide bonds. The number of pyridine rings is 1. The number of aryl methyl sites for hydroxylation is 1. The standard InChI is InChI=1S/C25H21BN3/c1-19-10-5-6-14-22(19)28-23-15-9-11-20-18-27-17-8-7-16-24(27)29(25(20)23)26(28)21-12-3-2-4-13-21/h2-17H,18H2,1H3/q+1. The van der Waals surface area contributed by atoms with Crippen LogP contribution in [-0.4, -0.2) is 6.98 Å². The van der Waals surface area contributed by atoms with Crippen molar-refractivity contribution in [2.45, 2.75) is 13.5 Å². The Morgan fingerprint density at radius 1 is 0.724 bits per heavy atom. The highest BCUT2D eigenvalue weighted by atomic mass is 15.4. The molecule has 29 heavy (non-hydrogen) atoms. The average Bonchev–Trinajstić information content (AvgIpc) is 3.12. The molecule has 0 N–H and O–H groups in total. The van der Waals surface area contributed by atoms with E-state index in [0.29, 0.717) is 0 Å². The van der Waals surface area contributed by atoms with Crippen LogP contribution in [0.2, 0.25) is 0 Å². The Kier molecular flexibility index (Phi) is 3.54. The summed E-state index contributed by atoms with van der Waals surface area (Å²) < 4.78 is 2.35. The minimum absolute atomic E-state index is 0.0717. The predicted molar refractivity (Wildman–Crippen MR) is 119 cm³/mol. The molecule has 138 valence electrons. The largest absolute Gasteiger partial charge is 0.542 e. The summed E-state index contributed by atoms with van der Waals surface area (Å²) in [4.78, 5) is 5.02. The van der Waals surface area contributed by atoms with Crippen LogP contribution in [0.4, 0.5) is 22.9 Å². The van der Waals surface area contributed by atoms with Crippen molar-refractivity contribution in [2.75, 3.05) is 9.62 Å². The molecule has 2 aliphatic heterocycles. The summed E-state index contributed by atoms with van der Waals surface area (Å²) in [7, 11) is 0. The third kappa shape index (κ3) is 2.35. The fourth-order valence-electron chi connectivity index (χ4n) is 4.81. The van der Waals surface area contributed by atoms with Crippen molar-refractivity contribution in [1.82, 2.24) is 0 Å². The molecule has 0 spiro atoms. The lowest BCUT2D eigenvalue weighted by atomic mass is 9.64. The molecule has 0 atom stereocenters. The van der Waals surface area contributed by atoms with Gasteiger partial charge in [0.1, 0.15) is 12.2 Å². The van der Waals surface area contributed by atoms with E-state index in [2.05, 4.69) is 118 Å². The van der Waals surface area contributed by atoms with Crippen molar-refractivity contribution < 1.29 is 4.57 Å². The number of nitrogens with zero attached hydrogens (tertiary/aromatic N) is 3. The maximum absolute atomic E-state index is 2.51. The lowest BCUT2D eigenvalue weighted by Gasteiger charge is -2.27. The molecule has 3 aromatic carbocycles. The first kappa shape index (κ1) is 16.4. The zero-order chi connectivity index (χ0) is 19.4. The number of rotatable bonds is 2. The van der Waals surface area contributed by atoms with E-state index in [1.54, 1.807) is 0 Å². The first-order valence-corrected chi connectivity index (χ1v) is 10.1. The van der Waals surface area contributed by atoms with E-state index in [1.165, 1.54) is 39.5 Å². The summed E-state index contributed by atoms with van der Waals surface area (Å²) in [5, 5.41) is 0. The van der Waals surface area contributed by atoms with Gasteiger partial charge in [0, 0.05) is 17.3 Å². The molecule has 0 unspecified atom stereocenters. The fourth-order valence-corrected chi connectivity index (χ4v) is 4.81. The lowest BCUT2D eigenvalue weighted by molar-refractivity contribution is -0.676. The molecule has 0 saturated carbocycles. The maximum atomic E-state index is 2.51. The Labute approximate surface area is 171 Å². The van der Waals surface area contributed by atoms with E-state index in [1.807, 2.05) is 0 Å². The third-order valence-electron chi connectivity index (χ3n) is 6.06. The van der Waals surface area contributed by atoms with Gasteiger partial charge in [0.25, 0.3) is 5.82 Å². The van der Waals surface area contributed by atoms with Crippen molar-refractivity contribution in [3.8, 4) is 0 Å². The molecule has 0 fully saturated rings. The second-order valence-corrected chi connectivity index (χ2v) is 7.78. The van der Waals surface area contributed by atoms with Crippen molar-refractivity contribution in [2.24, 2.45) is 0 Å². The van der Waals surface area contributed by atoms with E-state index < -0.39 is 0 Å². The zero-order valence-corrected chi connectivity index (χ0v) is 16.4. The molecular weight excluding hydrogens is 353 g/mol. The SMILES string of the molecule is Cc1ccccc1N1B(c2ccccc2)N2c3c(cccc31)C[n+]1ccccc12. The monoisotopic (exact) mass is 374 g/mol. The van der Waals surface area contributed by atoms with Crippen molar-refractivity contribution in [1.29, 1.82) is 0 Å². The third-order valence-corrected chi connectivity index (χ3v) is 6.06. The Balaban J connectivity index is 1.67. The van der Waals surface area contributed by atoms with E-state index in [-0.39, 0.29) is 6.98 Å². The molecule has 0 saturated heterocycles. The predicted octanol–water partition coefficient (Wildman–Crippen LogP) is 4.33. The Morgan fingerprint density at radius 2 is 1.48 bits per heavy atom. The summed E-state index contributed by atoms with van der Waals surface area (Å²) >= 11 is 0. The van der Waals surface area contributed by atoms with Crippen LogP contribution in [0.15, 0.2) is 97.2 Å². The number of benzene rings is 3. The second-order valence-electron chi connectivity index (χ2n) is 7.78. The van der Waals surface area contributed by atoms with Gasteiger partial charge in [0.05, 0.1) is 11.9 Å². The molecule has 0 aliphatic carbocycles. The van der Waals surface area contributed by atoms with Gasteiger partial charge in [-0.15, -0.1) is 0 Å². The van der Waals surface area contributed by atoms with Gasteiger partial charge >= 0.3 is 6.98 Å². The smallest absolute Gasteiger partial charge is 0.336 e. The highest BCUT2D eigenvalue weighted by molar-refractivity contribution is 6.84. The molecule has 4 aromatic rings. The second kappa shape index (κ2) is 6.24. The van der Waals surface area contributed by atoms with Gasteiger partial charge in [-0.3, -0.25) is 4.81 Å². The zero-order valence-electron chi connectivity index (χ0n) is 16.4. The van der Waals surface area contributed by atoms with Crippen LogP contribution in [0.1, 0.15) is 11.1 Å². The normalized spacial score (nSPS) is 14.0. The summed E-state index contributed by atoms with van der Waals surface area (Å²) in [5.74, 6) is 1.23. The summed E-state index contributed by atoms with van der Waals surface area (Å²) in [5.41, 5.74) is 7.80. The van der Waals surface area contributed by atoms with Crippen LogP contribution in [0.5, 0.6) is 0 Å². The molecule has 6 rings (SSSR count). The molecule has 3 heterocycles. The van der Waals surface area contributed by atoms with Crippen LogP contribution in [0, 0.1) is 6.92 Å². The number of hydrogen-bond acceptors (Lipinski definition) is 2. The van der Waals surface area contributed by atoms with Gasteiger partial charge in [-0.25, -0.2) is 4.57 Å². The molecule has 0 radical (unpaired) electrons.